The van der Waals surface area contributed by atoms with E-state index in [1.54, 1.807) is 0 Å². The Hall–Kier alpha value is -0.530. The van der Waals surface area contributed by atoms with E-state index >= 15 is 0 Å². The van der Waals surface area contributed by atoms with Crippen molar-refractivity contribution in [1.29, 1.82) is 0 Å². The second-order valence-corrected chi connectivity index (χ2v) is 6.28. The van der Waals surface area contributed by atoms with Crippen LogP contribution in [0.2, 0.25) is 5.02 Å². The lowest BCUT2D eigenvalue weighted by atomic mass is 9.85. The van der Waals surface area contributed by atoms with Crippen LogP contribution in [0.15, 0.2) is 24.3 Å². The summed E-state index contributed by atoms with van der Waals surface area (Å²) >= 11 is 6.10. The van der Waals surface area contributed by atoms with E-state index < -0.39 is 0 Å². The molecule has 1 fully saturated rings. The lowest BCUT2D eigenvalue weighted by Gasteiger charge is -2.24. The molecule has 2 heteroatoms. The largest absolute Gasteiger partial charge is 0.316 e. The predicted octanol–water partition coefficient (Wildman–Crippen LogP) is 4.69. The molecule has 0 amide bonds. The van der Waals surface area contributed by atoms with Crippen molar-refractivity contribution in [2.45, 2.75) is 45.4 Å². The molecular formula is C17H26ClN. The smallest absolute Gasteiger partial charge is 0.0408 e. The Kier molecular flexibility index (Phi) is 6.19. The van der Waals surface area contributed by atoms with Crippen LogP contribution in [0.25, 0.3) is 0 Å². The first kappa shape index (κ1) is 14.9. The molecule has 1 saturated carbocycles. The van der Waals surface area contributed by atoms with Crippen LogP contribution in [-0.4, -0.2) is 13.1 Å². The average molecular weight is 280 g/mol. The fourth-order valence-electron chi connectivity index (χ4n) is 3.27. The molecule has 1 aliphatic rings. The summed E-state index contributed by atoms with van der Waals surface area (Å²) in [6.45, 7) is 4.53. The molecule has 106 valence electrons. The molecule has 1 aromatic rings. The lowest BCUT2D eigenvalue weighted by Crippen LogP contribution is -2.29. The maximum atomic E-state index is 6.10. The van der Waals surface area contributed by atoms with Crippen molar-refractivity contribution in [1.82, 2.24) is 5.32 Å². The van der Waals surface area contributed by atoms with Crippen molar-refractivity contribution in [2.24, 2.45) is 11.8 Å². The highest BCUT2D eigenvalue weighted by Gasteiger charge is 2.24. The normalized spacial score (nSPS) is 17.8. The molecule has 0 radical (unpaired) electrons. The summed E-state index contributed by atoms with van der Waals surface area (Å²) < 4.78 is 0. The van der Waals surface area contributed by atoms with Gasteiger partial charge in [0.05, 0.1) is 0 Å². The Balaban J connectivity index is 1.95. The van der Waals surface area contributed by atoms with E-state index in [0.29, 0.717) is 0 Å². The van der Waals surface area contributed by atoms with Crippen molar-refractivity contribution in [3.05, 3.63) is 34.9 Å². The summed E-state index contributed by atoms with van der Waals surface area (Å²) in [6.07, 6.45) is 8.06. The SMILES string of the molecule is CCCNCC(Cc1cccc(Cl)c1)C1CCCC1. The van der Waals surface area contributed by atoms with E-state index in [9.17, 15) is 0 Å². The van der Waals surface area contributed by atoms with Gasteiger partial charge in [-0.25, -0.2) is 0 Å². The van der Waals surface area contributed by atoms with E-state index in [1.165, 1.54) is 44.1 Å². The Morgan fingerprint density at radius 3 is 2.79 bits per heavy atom. The minimum Gasteiger partial charge on any atom is -0.316 e. The summed E-state index contributed by atoms with van der Waals surface area (Å²) in [6, 6.07) is 8.38. The van der Waals surface area contributed by atoms with Crippen molar-refractivity contribution >= 4 is 11.6 Å². The summed E-state index contributed by atoms with van der Waals surface area (Å²) in [7, 11) is 0. The molecule has 0 heterocycles. The Labute approximate surface area is 122 Å². The molecule has 1 N–H and O–H groups in total. The highest BCUT2D eigenvalue weighted by atomic mass is 35.5. The third kappa shape index (κ3) is 4.81. The molecule has 0 aliphatic heterocycles. The number of hydrogen-bond donors (Lipinski definition) is 1. The van der Waals surface area contributed by atoms with Gasteiger partial charge < -0.3 is 5.32 Å². The first-order valence-electron chi connectivity index (χ1n) is 7.74. The third-order valence-electron chi connectivity index (χ3n) is 4.29. The van der Waals surface area contributed by atoms with Crippen molar-refractivity contribution in [2.75, 3.05) is 13.1 Å². The van der Waals surface area contributed by atoms with E-state index in [0.717, 1.165) is 29.9 Å². The second kappa shape index (κ2) is 7.91. The van der Waals surface area contributed by atoms with Crippen LogP contribution in [0.4, 0.5) is 0 Å². The molecule has 1 aliphatic carbocycles. The molecule has 1 aromatic carbocycles. The average Bonchev–Trinajstić information content (AvgIpc) is 2.92. The van der Waals surface area contributed by atoms with Crippen molar-refractivity contribution < 1.29 is 0 Å². The standard InChI is InChI=1S/C17H26ClN/c1-2-10-19-13-16(15-7-3-4-8-15)11-14-6-5-9-17(18)12-14/h5-6,9,12,15-16,19H,2-4,7-8,10-11,13H2,1H3. The fraction of sp³-hybridized carbons (Fsp3) is 0.647. The first-order valence-corrected chi connectivity index (χ1v) is 8.12. The van der Waals surface area contributed by atoms with Gasteiger partial charge in [0.2, 0.25) is 0 Å². The van der Waals surface area contributed by atoms with Crippen LogP contribution in [0.3, 0.4) is 0 Å². The molecular weight excluding hydrogens is 254 g/mol. The number of rotatable bonds is 7. The quantitative estimate of drug-likeness (QED) is 0.714. The summed E-state index contributed by atoms with van der Waals surface area (Å²) in [4.78, 5) is 0. The third-order valence-corrected chi connectivity index (χ3v) is 4.52. The molecule has 0 saturated heterocycles. The summed E-state index contributed by atoms with van der Waals surface area (Å²) in [5.41, 5.74) is 1.39. The van der Waals surface area contributed by atoms with Gasteiger partial charge in [0, 0.05) is 5.02 Å². The van der Waals surface area contributed by atoms with Gasteiger partial charge in [0.25, 0.3) is 0 Å². The topological polar surface area (TPSA) is 12.0 Å². The molecule has 1 atom stereocenters. The highest BCUT2D eigenvalue weighted by Crippen LogP contribution is 2.33. The predicted molar refractivity (Wildman–Crippen MR) is 83.8 cm³/mol. The maximum absolute atomic E-state index is 6.10. The summed E-state index contributed by atoms with van der Waals surface area (Å²) in [5.74, 6) is 1.68. The van der Waals surface area contributed by atoms with Crippen LogP contribution in [0, 0.1) is 11.8 Å². The highest BCUT2D eigenvalue weighted by molar-refractivity contribution is 6.30. The molecule has 0 bridgehead atoms. The van der Waals surface area contributed by atoms with Crippen LogP contribution in [0.1, 0.15) is 44.6 Å². The van der Waals surface area contributed by atoms with Crippen LogP contribution < -0.4 is 5.32 Å². The number of hydrogen-bond acceptors (Lipinski definition) is 1. The molecule has 1 unspecified atom stereocenters. The van der Waals surface area contributed by atoms with Gasteiger partial charge in [0.1, 0.15) is 0 Å². The van der Waals surface area contributed by atoms with E-state index in [4.69, 9.17) is 11.6 Å². The minimum absolute atomic E-state index is 0.771. The Morgan fingerprint density at radius 1 is 1.32 bits per heavy atom. The van der Waals surface area contributed by atoms with Gasteiger partial charge in [-0.2, -0.15) is 0 Å². The fourth-order valence-corrected chi connectivity index (χ4v) is 3.48. The van der Waals surface area contributed by atoms with E-state index in [2.05, 4.69) is 30.4 Å². The zero-order valence-corrected chi connectivity index (χ0v) is 12.8. The molecule has 2 rings (SSSR count). The van der Waals surface area contributed by atoms with E-state index in [-0.39, 0.29) is 0 Å². The monoisotopic (exact) mass is 279 g/mol. The number of halogens is 1. The summed E-state index contributed by atoms with van der Waals surface area (Å²) in [5, 5.41) is 4.48. The van der Waals surface area contributed by atoms with Gasteiger partial charge in [-0.1, -0.05) is 56.3 Å². The zero-order chi connectivity index (χ0) is 13.5. The van der Waals surface area contributed by atoms with Gasteiger partial charge in [-0.05, 0) is 55.5 Å². The van der Waals surface area contributed by atoms with Crippen LogP contribution in [0.5, 0.6) is 0 Å². The molecule has 1 nitrogen and oxygen atoms in total. The van der Waals surface area contributed by atoms with E-state index in [1.807, 2.05) is 6.07 Å². The molecule has 0 aromatic heterocycles. The first-order chi connectivity index (χ1) is 9.29. The van der Waals surface area contributed by atoms with Gasteiger partial charge in [-0.15, -0.1) is 0 Å². The molecule has 0 spiro atoms. The zero-order valence-electron chi connectivity index (χ0n) is 12.0. The Morgan fingerprint density at radius 2 is 2.11 bits per heavy atom. The number of nitrogens with one attached hydrogen (secondary N) is 1. The minimum atomic E-state index is 0.771. The van der Waals surface area contributed by atoms with Crippen LogP contribution in [-0.2, 0) is 6.42 Å². The van der Waals surface area contributed by atoms with Gasteiger partial charge in [0.15, 0.2) is 0 Å². The Bertz CT molecular complexity index is 371. The maximum Gasteiger partial charge on any atom is 0.0408 e. The lowest BCUT2D eigenvalue weighted by molar-refractivity contribution is 0.321. The van der Waals surface area contributed by atoms with Gasteiger partial charge in [-0.3, -0.25) is 0 Å². The van der Waals surface area contributed by atoms with Crippen LogP contribution >= 0.6 is 11.6 Å². The van der Waals surface area contributed by atoms with Crippen molar-refractivity contribution in [3.63, 3.8) is 0 Å². The number of benzene rings is 1. The van der Waals surface area contributed by atoms with Crippen molar-refractivity contribution in [3.8, 4) is 0 Å². The van der Waals surface area contributed by atoms with Gasteiger partial charge >= 0.3 is 0 Å². The second-order valence-electron chi connectivity index (χ2n) is 5.84. The molecule has 19 heavy (non-hydrogen) atoms.